The lowest BCUT2D eigenvalue weighted by molar-refractivity contribution is 0.120. The van der Waals surface area contributed by atoms with Gasteiger partial charge in [-0.05, 0) is 48.9 Å². The lowest BCUT2D eigenvalue weighted by atomic mass is 9.93. The van der Waals surface area contributed by atoms with Crippen molar-refractivity contribution in [1.29, 1.82) is 0 Å². The number of guanidine groups is 1. The van der Waals surface area contributed by atoms with Gasteiger partial charge in [-0.2, -0.15) is 11.8 Å². The van der Waals surface area contributed by atoms with E-state index >= 15 is 0 Å². The Morgan fingerprint density at radius 2 is 1.86 bits per heavy atom. The van der Waals surface area contributed by atoms with E-state index in [0.717, 1.165) is 56.2 Å². The second kappa shape index (κ2) is 12.5. The summed E-state index contributed by atoms with van der Waals surface area (Å²) in [5.41, 5.74) is 1.40. The molecule has 0 radical (unpaired) electrons. The van der Waals surface area contributed by atoms with E-state index < -0.39 is 0 Å². The van der Waals surface area contributed by atoms with Gasteiger partial charge in [-0.1, -0.05) is 42.5 Å². The first-order chi connectivity index (χ1) is 13.3. The molecule has 2 aromatic rings. The average molecular weight is 513 g/mol. The largest absolute Gasteiger partial charge is 0.393 e. The highest BCUT2D eigenvalue weighted by Gasteiger charge is 2.19. The lowest BCUT2D eigenvalue weighted by Gasteiger charge is -2.27. The first-order valence-corrected chi connectivity index (χ1v) is 11.2. The molecule has 0 spiro atoms. The van der Waals surface area contributed by atoms with Crippen molar-refractivity contribution in [1.82, 2.24) is 10.6 Å². The zero-order valence-corrected chi connectivity index (χ0v) is 19.7. The Balaban J connectivity index is 0.00000280. The van der Waals surface area contributed by atoms with Gasteiger partial charge in [-0.15, -0.1) is 24.0 Å². The van der Waals surface area contributed by atoms with Gasteiger partial charge in [0.1, 0.15) is 0 Å². The molecule has 0 bridgehead atoms. The van der Waals surface area contributed by atoms with Crippen LogP contribution in [-0.2, 0) is 5.75 Å². The molecule has 0 unspecified atom stereocenters. The maximum Gasteiger partial charge on any atom is 0.191 e. The SMILES string of the molecule is CCNC(=NCCSCc1cccc2ccccc12)NC1CCC(O)CC1.I. The summed E-state index contributed by atoms with van der Waals surface area (Å²) >= 11 is 1.93. The van der Waals surface area contributed by atoms with Crippen LogP contribution >= 0.6 is 35.7 Å². The number of halogens is 1. The van der Waals surface area contributed by atoms with Crippen LogP contribution in [-0.4, -0.2) is 42.1 Å². The highest BCUT2D eigenvalue weighted by Crippen LogP contribution is 2.22. The highest BCUT2D eigenvalue weighted by atomic mass is 127. The molecule has 4 nitrogen and oxygen atoms in total. The van der Waals surface area contributed by atoms with E-state index in [0.29, 0.717) is 6.04 Å². The summed E-state index contributed by atoms with van der Waals surface area (Å²) in [6.07, 6.45) is 3.69. The van der Waals surface area contributed by atoms with Gasteiger partial charge in [-0.25, -0.2) is 0 Å². The van der Waals surface area contributed by atoms with Crippen LogP contribution in [0, 0.1) is 0 Å². The fourth-order valence-corrected chi connectivity index (χ4v) is 4.39. The van der Waals surface area contributed by atoms with E-state index in [1.165, 1.54) is 16.3 Å². The molecule has 2 aromatic carbocycles. The van der Waals surface area contributed by atoms with Crippen LogP contribution in [0.3, 0.4) is 0 Å². The maximum atomic E-state index is 9.65. The lowest BCUT2D eigenvalue weighted by Crippen LogP contribution is -2.45. The minimum Gasteiger partial charge on any atom is -0.393 e. The molecule has 0 aromatic heterocycles. The molecule has 28 heavy (non-hydrogen) atoms. The third-order valence-electron chi connectivity index (χ3n) is 5.02. The Bertz CT molecular complexity index is 742. The third-order valence-corrected chi connectivity index (χ3v) is 6.01. The zero-order valence-electron chi connectivity index (χ0n) is 16.6. The standard InChI is InChI=1S/C22H31N3OS.HI/c1-2-23-22(25-19-10-12-20(26)13-11-19)24-14-15-27-16-18-8-5-7-17-6-3-4-9-21(17)18;/h3-9,19-20,26H,2,10-16H2,1H3,(H2,23,24,25);1H. The van der Waals surface area contributed by atoms with Crippen LogP contribution in [0.2, 0.25) is 0 Å². The summed E-state index contributed by atoms with van der Waals surface area (Å²) < 4.78 is 0. The topological polar surface area (TPSA) is 56.7 Å². The molecular weight excluding hydrogens is 481 g/mol. The molecule has 0 aliphatic heterocycles. The fourth-order valence-electron chi connectivity index (χ4n) is 3.56. The second-order valence-corrected chi connectivity index (χ2v) is 8.21. The third kappa shape index (κ3) is 7.12. The van der Waals surface area contributed by atoms with Crippen LogP contribution < -0.4 is 10.6 Å². The molecular formula is C22H32IN3OS. The van der Waals surface area contributed by atoms with E-state index in [1.807, 2.05) is 11.8 Å². The number of benzene rings is 2. The minimum atomic E-state index is -0.118. The second-order valence-electron chi connectivity index (χ2n) is 7.10. The normalized spacial score (nSPS) is 19.9. The number of hydrogen-bond acceptors (Lipinski definition) is 3. The number of nitrogens with one attached hydrogen (secondary N) is 2. The smallest absolute Gasteiger partial charge is 0.191 e. The van der Waals surface area contributed by atoms with E-state index in [1.54, 1.807) is 0 Å². The predicted octanol–water partition coefficient (Wildman–Crippen LogP) is 4.55. The van der Waals surface area contributed by atoms with Crippen molar-refractivity contribution in [2.24, 2.45) is 4.99 Å². The summed E-state index contributed by atoms with van der Waals surface area (Å²) in [5.74, 6) is 2.93. The van der Waals surface area contributed by atoms with Gasteiger partial charge in [0.05, 0.1) is 12.6 Å². The van der Waals surface area contributed by atoms with Gasteiger partial charge in [0.2, 0.25) is 0 Å². The van der Waals surface area contributed by atoms with Gasteiger partial charge in [0.15, 0.2) is 5.96 Å². The first-order valence-electron chi connectivity index (χ1n) is 10.0. The number of hydrogen-bond donors (Lipinski definition) is 3. The van der Waals surface area contributed by atoms with Crippen LogP contribution in [0.5, 0.6) is 0 Å². The molecule has 6 heteroatoms. The molecule has 1 fully saturated rings. The number of aliphatic hydroxyl groups excluding tert-OH is 1. The summed E-state index contributed by atoms with van der Waals surface area (Å²) in [5, 5.41) is 19.2. The Kier molecular flexibility index (Phi) is 10.4. The van der Waals surface area contributed by atoms with Crippen molar-refractivity contribution in [2.75, 3.05) is 18.8 Å². The number of fused-ring (bicyclic) bond motifs is 1. The number of rotatable bonds is 7. The monoisotopic (exact) mass is 513 g/mol. The van der Waals surface area contributed by atoms with E-state index in [9.17, 15) is 5.11 Å². The first kappa shape index (κ1) is 23.3. The van der Waals surface area contributed by atoms with Crippen molar-refractivity contribution >= 4 is 52.5 Å². The maximum absolute atomic E-state index is 9.65. The number of aliphatic hydroxyl groups is 1. The summed E-state index contributed by atoms with van der Waals surface area (Å²) in [4.78, 5) is 4.73. The average Bonchev–Trinajstić information content (AvgIpc) is 2.69. The summed E-state index contributed by atoms with van der Waals surface area (Å²) in [6, 6.07) is 15.5. The summed E-state index contributed by atoms with van der Waals surface area (Å²) in [7, 11) is 0. The quantitative estimate of drug-likeness (QED) is 0.220. The Morgan fingerprint density at radius 1 is 1.11 bits per heavy atom. The minimum absolute atomic E-state index is 0. The van der Waals surface area contributed by atoms with Crippen LogP contribution in [0.4, 0.5) is 0 Å². The van der Waals surface area contributed by atoms with Crippen molar-refractivity contribution in [3.63, 3.8) is 0 Å². The van der Waals surface area contributed by atoms with Gasteiger partial charge in [0.25, 0.3) is 0 Å². The number of aliphatic imine (C=N–C) groups is 1. The van der Waals surface area contributed by atoms with E-state index in [2.05, 4.69) is 60.0 Å². The number of nitrogens with zero attached hydrogens (tertiary/aromatic N) is 1. The van der Waals surface area contributed by atoms with Crippen molar-refractivity contribution < 1.29 is 5.11 Å². The molecule has 1 aliphatic rings. The highest BCUT2D eigenvalue weighted by molar-refractivity contribution is 14.0. The fraction of sp³-hybridized carbons (Fsp3) is 0.500. The van der Waals surface area contributed by atoms with Crippen molar-refractivity contribution in [3.05, 3.63) is 48.0 Å². The van der Waals surface area contributed by atoms with Gasteiger partial charge >= 0.3 is 0 Å². The van der Waals surface area contributed by atoms with Crippen molar-refractivity contribution in [3.8, 4) is 0 Å². The van der Waals surface area contributed by atoms with Crippen LogP contribution in [0.15, 0.2) is 47.5 Å². The Labute approximate surface area is 190 Å². The predicted molar refractivity (Wildman–Crippen MR) is 133 cm³/mol. The molecule has 3 rings (SSSR count). The number of thioether (sulfide) groups is 1. The van der Waals surface area contributed by atoms with Gasteiger partial charge in [0, 0.05) is 24.1 Å². The van der Waals surface area contributed by atoms with Gasteiger partial charge in [-0.3, -0.25) is 4.99 Å². The van der Waals surface area contributed by atoms with Crippen molar-refractivity contribution in [2.45, 2.75) is 50.5 Å². The zero-order chi connectivity index (χ0) is 18.9. The molecule has 154 valence electrons. The van der Waals surface area contributed by atoms with Crippen LogP contribution in [0.25, 0.3) is 10.8 Å². The molecule has 1 aliphatic carbocycles. The summed E-state index contributed by atoms with van der Waals surface area (Å²) in [6.45, 7) is 3.77. The molecule has 0 amide bonds. The molecule has 1 saturated carbocycles. The Morgan fingerprint density at radius 3 is 2.64 bits per heavy atom. The Hall–Kier alpha value is -0.990. The molecule has 0 heterocycles. The van der Waals surface area contributed by atoms with E-state index in [4.69, 9.17) is 4.99 Å². The molecule has 0 atom stereocenters. The molecule has 0 saturated heterocycles. The van der Waals surface area contributed by atoms with Gasteiger partial charge < -0.3 is 15.7 Å². The van der Waals surface area contributed by atoms with Crippen LogP contribution in [0.1, 0.15) is 38.2 Å². The molecule has 3 N–H and O–H groups in total. The van der Waals surface area contributed by atoms with E-state index in [-0.39, 0.29) is 30.1 Å².